The van der Waals surface area contributed by atoms with E-state index < -0.39 is 0 Å². The first kappa shape index (κ1) is 22.2. The van der Waals surface area contributed by atoms with Crippen LogP contribution in [0.5, 0.6) is 0 Å². The second-order valence-corrected chi connectivity index (χ2v) is 8.92. The molecule has 3 heterocycles. The zero-order valence-corrected chi connectivity index (χ0v) is 18.8. The molecule has 0 unspecified atom stereocenters. The fraction of sp³-hybridized carbons (Fsp3) is 0.500. The second-order valence-electron chi connectivity index (χ2n) is 8.92. The number of aromatic nitrogens is 2. The Balaban J connectivity index is 1.51. The van der Waals surface area contributed by atoms with E-state index in [1.807, 2.05) is 31.9 Å². The van der Waals surface area contributed by atoms with Crippen molar-refractivity contribution < 1.29 is 14.0 Å². The lowest BCUT2D eigenvalue weighted by molar-refractivity contribution is -0.135. The molecular weight excluding hydrogens is 409 g/mol. The second kappa shape index (κ2) is 9.22. The van der Waals surface area contributed by atoms with Gasteiger partial charge < -0.3 is 15.1 Å². The maximum Gasteiger partial charge on any atom is 0.227 e. The van der Waals surface area contributed by atoms with Gasteiger partial charge in [-0.05, 0) is 37.1 Å². The van der Waals surface area contributed by atoms with Crippen molar-refractivity contribution in [3.05, 3.63) is 47.7 Å². The first-order valence-corrected chi connectivity index (χ1v) is 11.3. The average Bonchev–Trinajstić information content (AvgIpc) is 3.20. The van der Waals surface area contributed by atoms with Gasteiger partial charge in [0.25, 0.3) is 0 Å². The molecule has 32 heavy (non-hydrogen) atoms. The van der Waals surface area contributed by atoms with Gasteiger partial charge in [0.15, 0.2) is 0 Å². The molecule has 170 valence electrons. The first-order valence-electron chi connectivity index (χ1n) is 11.3. The minimum absolute atomic E-state index is 0.00554. The number of halogens is 1. The van der Waals surface area contributed by atoms with Crippen molar-refractivity contribution in [1.82, 2.24) is 14.9 Å². The topological polar surface area (TPSA) is 78.4 Å². The molecule has 4 rings (SSSR count). The highest BCUT2D eigenvalue weighted by Crippen LogP contribution is 2.34. The Labute approximate surface area is 188 Å². The molecule has 2 aliphatic rings. The van der Waals surface area contributed by atoms with Gasteiger partial charge in [0, 0.05) is 62.6 Å². The molecule has 2 aromatic rings. The Bertz CT molecular complexity index is 986. The van der Waals surface area contributed by atoms with Gasteiger partial charge in [-0.2, -0.15) is 0 Å². The SMILES string of the molecule is CNc1cc([C@H]2CC(=O)N(c3ccc(F)cc3)C2)nc(C2CCN(C(=O)C(C)C)CC2)n1. The molecule has 2 saturated heterocycles. The summed E-state index contributed by atoms with van der Waals surface area (Å²) in [5.74, 6) is 1.53. The van der Waals surface area contributed by atoms with Crippen LogP contribution in [0, 0.1) is 11.7 Å². The Morgan fingerprint density at radius 3 is 2.44 bits per heavy atom. The van der Waals surface area contributed by atoms with Crippen LogP contribution in [-0.2, 0) is 9.59 Å². The number of likely N-dealkylation sites (tertiary alicyclic amines) is 1. The number of anilines is 2. The lowest BCUT2D eigenvalue weighted by Gasteiger charge is -2.32. The van der Waals surface area contributed by atoms with E-state index in [0.717, 1.165) is 30.2 Å². The summed E-state index contributed by atoms with van der Waals surface area (Å²) in [6.45, 7) is 5.79. The fourth-order valence-electron chi connectivity index (χ4n) is 4.50. The third-order valence-electron chi connectivity index (χ3n) is 6.37. The summed E-state index contributed by atoms with van der Waals surface area (Å²) in [7, 11) is 1.82. The number of nitrogens with zero attached hydrogens (tertiary/aromatic N) is 4. The van der Waals surface area contributed by atoms with Gasteiger partial charge in [0.05, 0.1) is 5.69 Å². The lowest BCUT2D eigenvalue weighted by Crippen LogP contribution is -2.40. The van der Waals surface area contributed by atoms with Crippen LogP contribution in [0.2, 0.25) is 0 Å². The van der Waals surface area contributed by atoms with Crippen LogP contribution in [0.25, 0.3) is 0 Å². The Morgan fingerprint density at radius 1 is 1.12 bits per heavy atom. The molecule has 2 amide bonds. The number of benzene rings is 1. The standard InChI is InChI=1S/C24H30FN5O2/c1-15(2)24(32)29-10-8-16(9-11-29)23-27-20(13-21(26-3)28-23)17-12-22(31)30(14-17)19-6-4-18(25)5-7-19/h4-7,13,15-17H,8-12,14H2,1-3H3,(H,26,27,28)/t17-/m0/s1. The van der Waals surface area contributed by atoms with Gasteiger partial charge in [-0.3, -0.25) is 9.59 Å². The summed E-state index contributed by atoms with van der Waals surface area (Å²) >= 11 is 0. The fourth-order valence-corrected chi connectivity index (χ4v) is 4.50. The van der Waals surface area contributed by atoms with Gasteiger partial charge >= 0.3 is 0 Å². The lowest BCUT2D eigenvalue weighted by atomic mass is 9.94. The molecule has 0 aliphatic carbocycles. The summed E-state index contributed by atoms with van der Waals surface area (Å²) < 4.78 is 13.3. The van der Waals surface area contributed by atoms with Gasteiger partial charge in [-0.15, -0.1) is 0 Å². The van der Waals surface area contributed by atoms with E-state index >= 15 is 0 Å². The largest absolute Gasteiger partial charge is 0.373 e. The van der Waals surface area contributed by atoms with E-state index in [2.05, 4.69) is 5.32 Å². The summed E-state index contributed by atoms with van der Waals surface area (Å²) in [5, 5.41) is 3.12. The van der Waals surface area contributed by atoms with E-state index in [9.17, 15) is 14.0 Å². The Kier molecular flexibility index (Phi) is 6.39. The average molecular weight is 440 g/mol. The van der Waals surface area contributed by atoms with Crippen LogP contribution < -0.4 is 10.2 Å². The van der Waals surface area contributed by atoms with Gasteiger partial charge in [-0.1, -0.05) is 13.8 Å². The summed E-state index contributed by atoms with van der Waals surface area (Å²) in [4.78, 5) is 38.2. The zero-order valence-electron chi connectivity index (χ0n) is 18.8. The molecule has 0 radical (unpaired) electrons. The maximum atomic E-state index is 13.3. The molecule has 0 saturated carbocycles. The third kappa shape index (κ3) is 4.59. The quantitative estimate of drug-likeness (QED) is 0.771. The number of hydrogen-bond donors (Lipinski definition) is 1. The van der Waals surface area contributed by atoms with Crippen molar-refractivity contribution in [3.63, 3.8) is 0 Å². The zero-order chi connectivity index (χ0) is 22.8. The van der Waals surface area contributed by atoms with Crippen LogP contribution in [0.1, 0.15) is 56.5 Å². The molecule has 2 aliphatic heterocycles. The van der Waals surface area contributed by atoms with E-state index in [4.69, 9.17) is 9.97 Å². The van der Waals surface area contributed by atoms with Gasteiger partial charge in [0.2, 0.25) is 11.8 Å². The summed E-state index contributed by atoms with van der Waals surface area (Å²) in [6.07, 6.45) is 2.02. The number of carbonyl (C=O) groups is 2. The highest BCUT2D eigenvalue weighted by Gasteiger charge is 2.34. The summed E-state index contributed by atoms with van der Waals surface area (Å²) in [6, 6.07) is 7.91. The third-order valence-corrected chi connectivity index (χ3v) is 6.37. The van der Waals surface area contributed by atoms with Crippen LogP contribution in [0.4, 0.5) is 15.9 Å². The maximum absolute atomic E-state index is 13.3. The van der Waals surface area contributed by atoms with Crippen molar-refractivity contribution in [2.24, 2.45) is 5.92 Å². The Morgan fingerprint density at radius 2 is 1.81 bits per heavy atom. The van der Waals surface area contributed by atoms with Crippen LogP contribution in [0.15, 0.2) is 30.3 Å². The van der Waals surface area contributed by atoms with Crippen LogP contribution >= 0.6 is 0 Å². The molecule has 1 atom stereocenters. The monoisotopic (exact) mass is 439 g/mol. The van der Waals surface area contributed by atoms with Crippen molar-refractivity contribution in [1.29, 1.82) is 0 Å². The van der Waals surface area contributed by atoms with Crippen molar-refractivity contribution in [3.8, 4) is 0 Å². The smallest absolute Gasteiger partial charge is 0.227 e. The van der Waals surface area contributed by atoms with Crippen LogP contribution in [-0.4, -0.2) is 53.4 Å². The number of nitrogens with one attached hydrogen (secondary N) is 1. The Hall–Kier alpha value is -3.03. The highest BCUT2D eigenvalue weighted by molar-refractivity contribution is 5.96. The van der Waals surface area contributed by atoms with Gasteiger partial charge in [-0.25, -0.2) is 14.4 Å². The minimum atomic E-state index is -0.322. The van der Waals surface area contributed by atoms with Crippen molar-refractivity contribution in [2.45, 2.75) is 44.9 Å². The number of carbonyl (C=O) groups excluding carboxylic acids is 2. The number of hydrogen-bond acceptors (Lipinski definition) is 5. The van der Waals surface area contributed by atoms with E-state index in [-0.39, 0.29) is 35.4 Å². The minimum Gasteiger partial charge on any atom is -0.373 e. The molecule has 8 heteroatoms. The van der Waals surface area contributed by atoms with E-state index in [0.29, 0.717) is 31.7 Å². The van der Waals surface area contributed by atoms with Crippen LogP contribution in [0.3, 0.4) is 0 Å². The normalized spacial score (nSPS) is 19.7. The number of amides is 2. The van der Waals surface area contributed by atoms with E-state index in [1.165, 1.54) is 12.1 Å². The molecular formula is C24H30FN5O2. The molecule has 0 bridgehead atoms. The number of rotatable bonds is 5. The highest BCUT2D eigenvalue weighted by atomic mass is 19.1. The predicted octanol–water partition coefficient (Wildman–Crippen LogP) is 3.54. The van der Waals surface area contributed by atoms with E-state index in [1.54, 1.807) is 17.0 Å². The van der Waals surface area contributed by atoms with Gasteiger partial charge in [0.1, 0.15) is 17.5 Å². The molecule has 2 fully saturated rings. The molecule has 1 aromatic heterocycles. The molecule has 1 aromatic carbocycles. The molecule has 1 N–H and O–H groups in total. The summed E-state index contributed by atoms with van der Waals surface area (Å²) in [5.41, 5.74) is 1.54. The number of piperidine rings is 1. The first-order chi connectivity index (χ1) is 15.4. The molecule has 7 nitrogen and oxygen atoms in total. The van der Waals surface area contributed by atoms with Crippen molar-refractivity contribution in [2.75, 3.05) is 36.9 Å². The van der Waals surface area contributed by atoms with Crippen molar-refractivity contribution >= 4 is 23.3 Å². The predicted molar refractivity (Wildman–Crippen MR) is 121 cm³/mol. The molecule has 0 spiro atoms.